The van der Waals surface area contributed by atoms with E-state index in [0.29, 0.717) is 32.1 Å². The number of benzene rings is 1. The van der Waals surface area contributed by atoms with Crippen molar-refractivity contribution in [3.8, 4) is 0 Å². The maximum absolute atomic E-state index is 12.6. The zero-order chi connectivity index (χ0) is 20.6. The number of nitrogens with one attached hydrogen (secondary N) is 2. The lowest BCUT2D eigenvalue weighted by atomic mass is 9.96. The van der Waals surface area contributed by atoms with E-state index in [1.165, 1.54) is 10.1 Å². The van der Waals surface area contributed by atoms with Crippen molar-refractivity contribution in [2.75, 3.05) is 26.2 Å². The smallest absolute Gasteiger partial charge is 0.314 e. The summed E-state index contributed by atoms with van der Waals surface area (Å²) in [6, 6.07) is 13.2. The fraction of sp³-hybridized carbons (Fsp3) is 0.409. The molecule has 0 spiro atoms. The minimum atomic E-state index is -0.270. The fourth-order valence-corrected chi connectivity index (χ4v) is 3.54. The first-order chi connectivity index (χ1) is 14.0. The minimum absolute atomic E-state index is 0.160. The number of aryl methyl sites for hydroxylation is 1. The van der Waals surface area contributed by atoms with Crippen LogP contribution in [0.3, 0.4) is 0 Å². The maximum Gasteiger partial charge on any atom is 0.314 e. The molecular formula is C22H28N4O3. The third-order valence-electron chi connectivity index (χ3n) is 5.35. The molecule has 1 saturated heterocycles. The van der Waals surface area contributed by atoms with Crippen LogP contribution in [-0.2, 0) is 13.5 Å². The summed E-state index contributed by atoms with van der Waals surface area (Å²) in [6.07, 6.45) is 4.06. The third kappa shape index (κ3) is 5.70. The number of hydrogen-bond acceptors (Lipinski definition) is 3. The summed E-state index contributed by atoms with van der Waals surface area (Å²) in [4.78, 5) is 38.5. The second-order valence-corrected chi connectivity index (χ2v) is 7.45. The highest BCUT2D eigenvalue weighted by atomic mass is 16.2. The number of aromatic nitrogens is 1. The highest BCUT2D eigenvalue weighted by Crippen LogP contribution is 2.17. The highest BCUT2D eigenvalue weighted by molar-refractivity contribution is 5.93. The molecule has 1 fully saturated rings. The van der Waals surface area contributed by atoms with Crippen LogP contribution in [0.1, 0.15) is 28.8 Å². The predicted octanol–water partition coefficient (Wildman–Crippen LogP) is 1.78. The molecule has 0 aliphatic carbocycles. The molecule has 0 radical (unpaired) electrons. The Morgan fingerprint density at radius 1 is 1.03 bits per heavy atom. The zero-order valence-corrected chi connectivity index (χ0v) is 16.8. The number of carbonyl (C=O) groups excluding carboxylic acids is 2. The molecule has 0 unspecified atom stereocenters. The van der Waals surface area contributed by atoms with Crippen molar-refractivity contribution >= 4 is 11.9 Å². The lowest BCUT2D eigenvalue weighted by molar-refractivity contribution is 0.0688. The number of nitrogens with zero attached hydrogens (tertiary/aromatic N) is 2. The van der Waals surface area contributed by atoms with Crippen molar-refractivity contribution < 1.29 is 9.59 Å². The predicted molar refractivity (Wildman–Crippen MR) is 112 cm³/mol. The van der Waals surface area contributed by atoms with Gasteiger partial charge < -0.3 is 20.1 Å². The van der Waals surface area contributed by atoms with E-state index in [4.69, 9.17) is 0 Å². The van der Waals surface area contributed by atoms with Gasteiger partial charge in [-0.25, -0.2) is 4.79 Å². The van der Waals surface area contributed by atoms with Gasteiger partial charge in [0.15, 0.2) is 0 Å². The number of rotatable bonds is 6. The summed E-state index contributed by atoms with van der Waals surface area (Å²) in [6.45, 7) is 2.37. The molecule has 7 heteroatoms. The topological polar surface area (TPSA) is 83.4 Å². The molecule has 7 nitrogen and oxygen atoms in total. The molecule has 2 aromatic rings. The number of hydrogen-bond donors (Lipinski definition) is 2. The molecular weight excluding hydrogens is 368 g/mol. The molecule has 0 atom stereocenters. The molecule has 0 bridgehead atoms. The van der Waals surface area contributed by atoms with Crippen molar-refractivity contribution in [1.29, 1.82) is 0 Å². The number of piperidine rings is 1. The van der Waals surface area contributed by atoms with Gasteiger partial charge in [0, 0.05) is 39.4 Å². The van der Waals surface area contributed by atoms with Gasteiger partial charge in [-0.1, -0.05) is 30.3 Å². The summed E-state index contributed by atoms with van der Waals surface area (Å²) in [5, 5.41) is 5.80. The Morgan fingerprint density at radius 2 is 1.76 bits per heavy atom. The average molecular weight is 396 g/mol. The van der Waals surface area contributed by atoms with Gasteiger partial charge in [0.1, 0.15) is 5.56 Å². The van der Waals surface area contributed by atoms with Gasteiger partial charge in [0.05, 0.1) is 0 Å². The van der Waals surface area contributed by atoms with Gasteiger partial charge >= 0.3 is 6.03 Å². The van der Waals surface area contributed by atoms with Gasteiger partial charge in [0.25, 0.3) is 11.5 Å². The van der Waals surface area contributed by atoms with Crippen LogP contribution >= 0.6 is 0 Å². The van der Waals surface area contributed by atoms with E-state index in [9.17, 15) is 14.4 Å². The SMILES string of the molecule is Cn1cccc(C(=O)N2CCC(CNC(=O)NCCc3ccccc3)CC2)c1=O. The van der Waals surface area contributed by atoms with Crippen LogP contribution in [-0.4, -0.2) is 47.6 Å². The Labute approximate surface area is 170 Å². The largest absolute Gasteiger partial charge is 0.338 e. The van der Waals surface area contributed by atoms with Gasteiger partial charge in [-0.2, -0.15) is 0 Å². The van der Waals surface area contributed by atoms with Crippen LogP contribution in [0.4, 0.5) is 4.79 Å². The highest BCUT2D eigenvalue weighted by Gasteiger charge is 2.25. The van der Waals surface area contributed by atoms with Crippen molar-refractivity contribution in [3.63, 3.8) is 0 Å². The van der Waals surface area contributed by atoms with E-state index in [0.717, 1.165) is 19.3 Å². The molecule has 3 amide bonds. The number of carbonyl (C=O) groups is 2. The average Bonchev–Trinajstić information content (AvgIpc) is 2.75. The molecule has 154 valence electrons. The van der Waals surface area contributed by atoms with Gasteiger partial charge in [0.2, 0.25) is 0 Å². The first-order valence-electron chi connectivity index (χ1n) is 10.0. The molecule has 1 aliphatic rings. The fourth-order valence-electron chi connectivity index (χ4n) is 3.54. The van der Waals surface area contributed by atoms with E-state index < -0.39 is 0 Å². The van der Waals surface area contributed by atoms with Crippen molar-refractivity contribution in [2.24, 2.45) is 13.0 Å². The normalized spacial score (nSPS) is 14.4. The summed E-state index contributed by atoms with van der Waals surface area (Å²) >= 11 is 0. The molecule has 29 heavy (non-hydrogen) atoms. The van der Waals surface area contributed by atoms with Crippen LogP contribution < -0.4 is 16.2 Å². The lowest BCUT2D eigenvalue weighted by Crippen LogP contribution is -2.44. The molecule has 3 rings (SSSR count). The van der Waals surface area contributed by atoms with E-state index in [1.807, 2.05) is 30.3 Å². The van der Waals surface area contributed by atoms with Crippen LogP contribution in [0.5, 0.6) is 0 Å². The molecule has 1 aromatic carbocycles. The Bertz CT molecular complexity index is 886. The molecule has 0 saturated carbocycles. The van der Waals surface area contributed by atoms with Crippen LogP contribution in [0.15, 0.2) is 53.5 Å². The summed E-state index contributed by atoms with van der Waals surface area (Å²) in [7, 11) is 1.64. The maximum atomic E-state index is 12.6. The number of urea groups is 1. The van der Waals surface area contributed by atoms with Crippen LogP contribution in [0, 0.1) is 5.92 Å². The van der Waals surface area contributed by atoms with Crippen LogP contribution in [0.25, 0.3) is 0 Å². The molecule has 2 N–H and O–H groups in total. The van der Waals surface area contributed by atoms with E-state index in [2.05, 4.69) is 10.6 Å². The second-order valence-electron chi connectivity index (χ2n) is 7.45. The summed E-state index contributed by atoms with van der Waals surface area (Å²) in [5.41, 5.74) is 1.14. The minimum Gasteiger partial charge on any atom is -0.338 e. The summed E-state index contributed by atoms with van der Waals surface area (Å²) < 4.78 is 1.42. The van der Waals surface area contributed by atoms with Crippen molar-refractivity contribution in [2.45, 2.75) is 19.3 Å². The Hall–Kier alpha value is -3.09. The molecule has 2 heterocycles. The second kappa shape index (κ2) is 9.91. The quantitative estimate of drug-likeness (QED) is 0.781. The van der Waals surface area contributed by atoms with Crippen LogP contribution in [0.2, 0.25) is 0 Å². The van der Waals surface area contributed by atoms with E-state index in [-0.39, 0.29) is 23.1 Å². The molecule has 1 aromatic heterocycles. The van der Waals surface area contributed by atoms with E-state index in [1.54, 1.807) is 30.3 Å². The standard InChI is InChI=1S/C22H28N4O3/c1-25-13-5-8-19(20(25)27)21(28)26-14-10-18(11-15-26)16-24-22(29)23-12-9-17-6-3-2-4-7-17/h2-8,13,18H,9-12,14-16H2,1H3,(H2,23,24,29). The molecule has 1 aliphatic heterocycles. The number of pyridine rings is 1. The summed E-state index contributed by atoms with van der Waals surface area (Å²) in [5.74, 6) is 0.119. The lowest BCUT2D eigenvalue weighted by Gasteiger charge is -2.32. The number of likely N-dealkylation sites (tertiary alicyclic amines) is 1. The van der Waals surface area contributed by atoms with E-state index >= 15 is 0 Å². The third-order valence-corrected chi connectivity index (χ3v) is 5.35. The van der Waals surface area contributed by atoms with Gasteiger partial charge in [-0.3, -0.25) is 9.59 Å². The van der Waals surface area contributed by atoms with Gasteiger partial charge in [-0.05, 0) is 42.9 Å². The van der Waals surface area contributed by atoms with Crippen molar-refractivity contribution in [1.82, 2.24) is 20.1 Å². The Balaban J connectivity index is 1.37. The first kappa shape index (κ1) is 20.6. The van der Waals surface area contributed by atoms with Crippen molar-refractivity contribution in [3.05, 3.63) is 70.1 Å². The first-order valence-corrected chi connectivity index (χ1v) is 10.0. The Kier molecular flexibility index (Phi) is 7.05. The van der Waals surface area contributed by atoms with Gasteiger partial charge in [-0.15, -0.1) is 0 Å². The zero-order valence-electron chi connectivity index (χ0n) is 16.8. The Morgan fingerprint density at radius 3 is 2.48 bits per heavy atom. The monoisotopic (exact) mass is 396 g/mol. The number of amides is 3.